The average Bonchev–Trinajstić information content (AvgIpc) is 2.80. The summed E-state index contributed by atoms with van der Waals surface area (Å²) in [4.78, 5) is 0. The topological polar surface area (TPSA) is 75.3 Å². The molecular weight excluding hydrogens is 492 g/mol. The van der Waals surface area contributed by atoms with Crippen LogP contribution >= 0.6 is 27.5 Å². The van der Waals surface area contributed by atoms with Crippen molar-refractivity contribution in [2.75, 3.05) is 14.2 Å². The van der Waals surface area contributed by atoms with E-state index in [1.54, 1.807) is 14.2 Å². The molecular formula is C25H22BrClN2O3. The summed E-state index contributed by atoms with van der Waals surface area (Å²) < 4.78 is 17.8. The van der Waals surface area contributed by atoms with Gasteiger partial charge in [-0.25, -0.2) is 0 Å². The van der Waals surface area contributed by atoms with Gasteiger partial charge >= 0.3 is 0 Å². The molecule has 7 heteroatoms. The average molecular weight is 514 g/mol. The number of allylic oxidation sites excluding steroid dienone is 2. The minimum absolute atomic E-state index is 0.0351. The highest BCUT2D eigenvalue weighted by molar-refractivity contribution is 9.10. The van der Waals surface area contributed by atoms with E-state index in [4.69, 9.17) is 31.2 Å². The van der Waals surface area contributed by atoms with Gasteiger partial charge in [0.25, 0.3) is 0 Å². The maximum Gasteiger partial charge on any atom is 0.205 e. The van der Waals surface area contributed by atoms with E-state index in [1.807, 2.05) is 42.5 Å². The van der Waals surface area contributed by atoms with Gasteiger partial charge in [0, 0.05) is 22.1 Å². The summed E-state index contributed by atoms with van der Waals surface area (Å²) in [6.45, 7) is 2.10. The quantitative estimate of drug-likeness (QED) is 0.494. The zero-order valence-corrected chi connectivity index (χ0v) is 20.3. The largest absolute Gasteiger partial charge is 0.493 e. The number of methoxy groups -OCH3 is 2. The van der Waals surface area contributed by atoms with Crippen LogP contribution in [0.2, 0.25) is 0 Å². The normalized spacial score (nSPS) is 22.4. The molecule has 0 radical (unpaired) electrons. The van der Waals surface area contributed by atoms with Crippen LogP contribution in [-0.2, 0) is 4.74 Å². The van der Waals surface area contributed by atoms with Gasteiger partial charge in [0.05, 0.1) is 24.8 Å². The molecule has 1 N–H and O–H groups in total. The second kappa shape index (κ2) is 9.01. The summed E-state index contributed by atoms with van der Waals surface area (Å²) in [5.41, 5.74) is 3.49. The molecule has 1 aliphatic heterocycles. The van der Waals surface area contributed by atoms with Crippen molar-refractivity contribution in [3.05, 3.63) is 69.2 Å². The lowest BCUT2D eigenvalue weighted by Crippen LogP contribution is -2.32. The first kappa shape index (κ1) is 22.4. The van der Waals surface area contributed by atoms with Gasteiger partial charge in [-0.1, -0.05) is 48.9 Å². The third kappa shape index (κ3) is 3.70. The Kier molecular flexibility index (Phi) is 6.32. The molecule has 0 amide bonds. The second-order valence-corrected chi connectivity index (χ2v) is 9.07. The summed E-state index contributed by atoms with van der Waals surface area (Å²) in [5, 5.41) is 19.3. The molecule has 3 unspecified atom stereocenters. The number of hydrogen-bond acceptors (Lipinski definition) is 5. The smallest absolute Gasteiger partial charge is 0.205 e. The Bertz CT molecular complexity index is 1200. The van der Waals surface area contributed by atoms with Crippen molar-refractivity contribution in [1.29, 1.82) is 10.7 Å². The van der Waals surface area contributed by atoms with Crippen molar-refractivity contribution in [1.82, 2.24) is 0 Å². The lowest BCUT2D eigenvalue weighted by Gasteiger charge is -2.37. The van der Waals surface area contributed by atoms with Crippen LogP contribution in [0.25, 0.3) is 10.8 Å². The van der Waals surface area contributed by atoms with E-state index in [2.05, 4.69) is 28.9 Å². The molecule has 164 valence electrons. The van der Waals surface area contributed by atoms with Crippen LogP contribution in [0.5, 0.6) is 11.5 Å². The Morgan fingerprint density at radius 2 is 1.91 bits per heavy atom. The van der Waals surface area contributed by atoms with Crippen molar-refractivity contribution in [2.24, 2.45) is 11.8 Å². The van der Waals surface area contributed by atoms with Crippen LogP contribution in [0.1, 0.15) is 36.0 Å². The van der Waals surface area contributed by atoms with Crippen LogP contribution in [-0.4, -0.2) is 20.1 Å². The van der Waals surface area contributed by atoms with E-state index < -0.39 is 5.92 Å². The van der Waals surface area contributed by atoms with Gasteiger partial charge in [-0.15, -0.1) is 0 Å². The number of nitrogens with zero attached hydrogens (tertiary/aromatic N) is 1. The summed E-state index contributed by atoms with van der Waals surface area (Å²) in [6.07, 6.45) is 2.70. The van der Waals surface area contributed by atoms with E-state index in [0.717, 1.165) is 22.3 Å². The maximum atomic E-state index is 10.0. The zero-order valence-electron chi connectivity index (χ0n) is 17.9. The highest BCUT2D eigenvalue weighted by Gasteiger charge is 2.42. The van der Waals surface area contributed by atoms with Crippen LogP contribution in [0.3, 0.4) is 0 Å². The molecule has 1 aliphatic carbocycles. The number of rotatable bonds is 3. The fourth-order valence-corrected chi connectivity index (χ4v) is 5.35. The van der Waals surface area contributed by atoms with Crippen LogP contribution < -0.4 is 9.47 Å². The number of ether oxygens (including phenoxy) is 3. The van der Waals surface area contributed by atoms with Gasteiger partial charge in [-0.2, -0.15) is 5.26 Å². The predicted octanol–water partition coefficient (Wildman–Crippen LogP) is 6.73. The van der Waals surface area contributed by atoms with Crippen LogP contribution in [0.4, 0.5) is 0 Å². The molecule has 5 nitrogen and oxygen atoms in total. The molecule has 0 aromatic heterocycles. The molecule has 2 aliphatic rings. The fourth-order valence-electron chi connectivity index (χ4n) is 4.47. The van der Waals surface area contributed by atoms with E-state index in [1.165, 1.54) is 0 Å². The van der Waals surface area contributed by atoms with E-state index in [9.17, 15) is 5.26 Å². The first-order valence-electron chi connectivity index (χ1n) is 10.2. The van der Waals surface area contributed by atoms with Gasteiger partial charge in [-0.3, -0.25) is 5.41 Å². The molecule has 3 atom stereocenters. The highest BCUT2D eigenvalue weighted by Crippen LogP contribution is 2.50. The SMILES string of the molecule is COc1cc(C2C3=C(OC(=N)C2C#N)c2ccccc2C(Cl)=CCC3C)cc(Br)c1OC. The number of hydrogen-bond donors (Lipinski definition) is 1. The number of nitrogens with one attached hydrogen (secondary N) is 1. The summed E-state index contributed by atoms with van der Waals surface area (Å²) in [6, 6.07) is 13.8. The van der Waals surface area contributed by atoms with Crippen molar-refractivity contribution in [2.45, 2.75) is 19.3 Å². The Labute approximate surface area is 200 Å². The molecule has 4 rings (SSSR count). The molecule has 0 bridgehead atoms. The second-order valence-electron chi connectivity index (χ2n) is 7.81. The standard InChI is InChI=1S/C25H22BrClN2O3/c1-13-8-9-19(27)15-6-4-5-7-16(15)23-21(13)22(17(12-28)25(29)32-23)14-10-18(26)24(31-3)20(11-14)30-2/h4-7,9-11,13,17,22,29H,8H2,1-3H3. The number of fused-ring (bicyclic) bond motifs is 2. The minimum Gasteiger partial charge on any atom is -0.493 e. The van der Waals surface area contributed by atoms with E-state index in [-0.39, 0.29) is 17.7 Å². The Morgan fingerprint density at radius 1 is 1.19 bits per heavy atom. The summed E-state index contributed by atoms with van der Waals surface area (Å²) >= 11 is 10.2. The van der Waals surface area contributed by atoms with Gasteiger partial charge in [0.1, 0.15) is 11.7 Å². The monoisotopic (exact) mass is 512 g/mol. The first-order valence-corrected chi connectivity index (χ1v) is 11.3. The predicted molar refractivity (Wildman–Crippen MR) is 129 cm³/mol. The summed E-state index contributed by atoms with van der Waals surface area (Å²) in [7, 11) is 3.16. The summed E-state index contributed by atoms with van der Waals surface area (Å²) in [5.74, 6) is 0.528. The van der Waals surface area contributed by atoms with E-state index in [0.29, 0.717) is 33.2 Å². The van der Waals surface area contributed by atoms with Gasteiger partial charge in [0.2, 0.25) is 5.90 Å². The van der Waals surface area contributed by atoms with Crippen LogP contribution in [0, 0.1) is 28.6 Å². The highest BCUT2D eigenvalue weighted by atomic mass is 79.9. The fraction of sp³-hybridized carbons (Fsp3) is 0.280. The molecule has 0 spiro atoms. The van der Waals surface area contributed by atoms with Gasteiger partial charge < -0.3 is 14.2 Å². The Balaban J connectivity index is 2.02. The molecule has 2 aromatic rings. The Morgan fingerprint density at radius 3 is 2.56 bits per heavy atom. The molecule has 32 heavy (non-hydrogen) atoms. The molecule has 2 aromatic carbocycles. The molecule has 1 heterocycles. The number of halogens is 2. The zero-order chi connectivity index (χ0) is 23.0. The first-order chi connectivity index (χ1) is 15.4. The Hall–Kier alpha value is -2.75. The van der Waals surface area contributed by atoms with Crippen molar-refractivity contribution >= 4 is 44.2 Å². The van der Waals surface area contributed by atoms with Gasteiger partial charge in [-0.05, 0) is 51.5 Å². The van der Waals surface area contributed by atoms with Crippen molar-refractivity contribution < 1.29 is 14.2 Å². The lowest BCUT2D eigenvalue weighted by molar-refractivity contribution is 0.351. The molecule has 0 saturated carbocycles. The third-order valence-electron chi connectivity index (χ3n) is 5.99. The molecule has 0 fully saturated rings. The lowest BCUT2D eigenvalue weighted by atomic mass is 9.72. The van der Waals surface area contributed by atoms with Crippen LogP contribution in [0.15, 0.2) is 52.5 Å². The number of nitriles is 1. The van der Waals surface area contributed by atoms with Gasteiger partial charge in [0.15, 0.2) is 11.5 Å². The van der Waals surface area contributed by atoms with Crippen molar-refractivity contribution in [3.63, 3.8) is 0 Å². The minimum atomic E-state index is -0.771. The third-order valence-corrected chi connectivity index (χ3v) is 6.94. The van der Waals surface area contributed by atoms with E-state index >= 15 is 0 Å². The maximum absolute atomic E-state index is 10.0. The number of benzene rings is 2. The molecule has 0 saturated heterocycles. The van der Waals surface area contributed by atoms with Crippen molar-refractivity contribution in [3.8, 4) is 17.6 Å².